The summed E-state index contributed by atoms with van der Waals surface area (Å²) in [5, 5.41) is 9.00. The molecule has 4 heteroatoms. The molecule has 90 valence electrons. The summed E-state index contributed by atoms with van der Waals surface area (Å²) >= 11 is 0. The van der Waals surface area contributed by atoms with Crippen LogP contribution in [-0.4, -0.2) is 25.7 Å². The molecule has 1 rings (SSSR count). The van der Waals surface area contributed by atoms with Gasteiger partial charge in [-0.25, -0.2) is 4.79 Å². The van der Waals surface area contributed by atoms with E-state index in [2.05, 4.69) is 6.07 Å². The zero-order valence-corrected chi connectivity index (χ0v) is 10.3. The van der Waals surface area contributed by atoms with Gasteiger partial charge in [0.1, 0.15) is 12.1 Å². The van der Waals surface area contributed by atoms with Crippen LogP contribution in [-0.2, 0) is 9.53 Å². The maximum Gasteiger partial charge on any atom is 0.328 e. The summed E-state index contributed by atoms with van der Waals surface area (Å²) in [6.45, 7) is 3.89. The number of esters is 1. The lowest BCUT2D eigenvalue weighted by Crippen LogP contribution is -2.37. The van der Waals surface area contributed by atoms with E-state index in [1.807, 2.05) is 12.1 Å². The van der Waals surface area contributed by atoms with Crippen LogP contribution in [0.1, 0.15) is 19.4 Å². The number of carbonyl (C=O) groups is 1. The van der Waals surface area contributed by atoms with Crippen LogP contribution < -0.4 is 4.90 Å². The Morgan fingerprint density at radius 3 is 2.76 bits per heavy atom. The van der Waals surface area contributed by atoms with Crippen molar-refractivity contribution in [3.8, 4) is 6.07 Å². The van der Waals surface area contributed by atoms with Crippen LogP contribution >= 0.6 is 0 Å². The van der Waals surface area contributed by atoms with Gasteiger partial charge >= 0.3 is 5.97 Å². The van der Waals surface area contributed by atoms with Crippen molar-refractivity contribution in [2.45, 2.75) is 19.9 Å². The van der Waals surface area contributed by atoms with E-state index in [9.17, 15) is 4.79 Å². The molecule has 1 aromatic rings. The zero-order valence-electron chi connectivity index (χ0n) is 10.3. The largest absolute Gasteiger partial charge is 0.464 e. The Bertz CT molecular complexity index is 437. The van der Waals surface area contributed by atoms with Gasteiger partial charge < -0.3 is 9.64 Å². The quantitative estimate of drug-likeness (QED) is 0.744. The van der Waals surface area contributed by atoms with Crippen molar-refractivity contribution < 1.29 is 9.53 Å². The third-order valence-corrected chi connectivity index (χ3v) is 2.61. The van der Waals surface area contributed by atoms with E-state index in [1.54, 1.807) is 37.9 Å². The number of hydrogen-bond donors (Lipinski definition) is 0. The summed E-state index contributed by atoms with van der Waals surface area (Å²) in [7, 11) is 1.78. The lowest BCUT2D eigenvalue weighted by Gasteiger charge is -2.25. The van der Waals surface area contributed by atoms with Crippen LogP contribution in [0, 0.1) is 11.3 Å². The fourth-order valence-electron chi connectivity index (χ4n) is 1.51. The van der Waals surface area contributed by atoms with Crippen LogP contribution in [0.3, 0.4) is 0 Å². The van der Waals surface area contributed by atoms with Gasteiger partial charge in [-0.15, -0.1) is 0 Å². The van der Waals surface area contributed by atoms with Gasteiger partial charge in [0.2, 0.25) is 0 Å². The monoisotopic (exact) mass is 232 g/mol. The highest BCUT2D eigenvalue weighted by atomic mass is 16.5. The first kappa shape index (κ1) is 13.0. The number of nitriles is 1. The zero-order chi connectivity index (χ0) is 12.8. The van der Waals surface area contributed by atoms with Crippen LogP contribution in [0.15, 0.2) is 24.3 Å². The van der Waals surface area contributed by atoms with Gasteiger partial charge in [0.25, 0.3) is 0 Å². The Kier molecular flexibility index (Phi) is 4.53. The molecule has 0 aromatic heterocycles. The average Bonchev–Trinajstić information content (AvgIpc) is 2.37. The van der Waals surface area contributed by atoms with Crippen molar-refractivity contribution in [2.75, 3.05) is 18.6 Å². The molecule has 0 heterocycles. The van der Waals surface area contributed by atoms with Gasteiger partial charge in [-0.2, -0.15) is 5.26 Å². The van der Waals surface area contributed by atoms with Crippen molar-refractivity contribution in [3.05, 3.63) is 29.8 Å². The van der Waals surface area contributed by atoms with Crippen molar-refractivity contribution in [3.63, 3.8) is 0 Å². The first-order valence-corrected chi connectivity index (χ1v) is 5.50. The first-order valence-electron chi connectivity index (χ1n) is 5.50. The molecule has 0 aliphatic carbocycles. The summed E-state index contributed by atoms with van der Waals surface area (Å²) < 4.78 is 4.96. The highest BCUT2D eigenvalue weighted by molar-refractivity contribution is 5.80. The fourth-order valence-corrected chi connectivity index (χ4v) is 1.51. The van der Waals surface area contributed by atoms with E-state index in [0.717, 1.165) is 5.69 Å². The smallest absolute Gasteiger partial charge is 0.328 e. The number of para-hydroxylation sites is 1. The number of rotatable bonds is 4. The first-order chi connectivity index (χ1) is 8.11. The van der Waals surface area contributed by atoms with E-state index >= 15 is 0 Å². The Morgan fingerprint density at radius 2 is 2.18 bits per heavy atom. The molecule has 1 aromatic carbocycles. The van der Waals surface area contributed by atoms with E-state index in [0.29, 0.717) is 12.2 Å². The van der Waals surface area contributed by atoms with Crippen LogP contribution in [0.5, 0.6) is 0 Å². The molecule has 0 amide bonds. The molecule has 0 bridgehead atoms. The number of nitrogens with zero attached hydrogens (tertiary/aromatic N) is 2. The second kappa shape index (κ2) is 5.90. The minimum Gasteiger partial charge on any atom is -0.464 e. The van der Waals surface area contributed by atoms with E-state index in [4.69, 9.17) is 10.00 Å². The normalized spacial score (nSPS) is 11.4. The topological polar surface area (TPSA) is 53.3 Å². The highest BCUT2D eigenvalue weighted by Gasteiger charge is 2.21. The Labute approximate surface area is 101 Å². The fraction of sp³-hybridized carbons (Fsp3) is 0.385. The predicted molar refractivity (Wildman–Crippen MR) is 65.7 cm³/mol. The van der Waals surface area contributed by atoms with Gasteiger partial charge in [0, 0.05) is 7.05 Å². The number of ether oxygens (including phenoxy) is 1. The number of anilines is 1. The summed E-state index contributed by atoms with van der Waals surface area (Å²) in [6, 6.07) is 8.87. The predicted octanol–water partition coefficient (Wildman–Crippen LogP) is 1.95. The molecule has 0 spiro atoms. The van der Waals surface area contributed by atoms with Gasteiger partial charge in [-0.1, -0.05) is 12.1 Å². The molecule has 0 aliphatic rings. The Hall–Kier alpha value is -2.02. The minimum atomic E-state index is -0.413. The van der Waals surface area contributed by atoms with Crippen LogP contribution in [0.4, 0.5) is 5.69 Å². The minimum absolute atomic E-state index is 0.289. The Balaban J connectivity index is 2.93. The molecule has 1 unspecified atom stereocenters. The van der Waals surface area contributed by atoms with Crippen LogP contribution in [0.2, 0.25) is 0 Å². The molecule has 0 aliphatic heterocycles. The lowest BCUT2D eigenvalue weighted by atomic mass is 10.1. The second-order valence-electron chi connectivity index (χ2n) is 3.67. The second-order valence-corrected chi connectivity index (χ2v) is 3.67. The average molecular weight is 232 g/mol. The van der Waals surface area contributed by atoms with E-state index in [-0.39, 0.29) is 5.97 Å². The Morgan fingerprint density at radius 1 is 1.53 bits per heavy atom. The molecule has 4 nitrogen and oxygen atoms in total. The molecule has 0 N–H and O–H groups in total. The van der Waals surface area contributed by atoms with Gasteiger partial charge in [0.15, 0.2) is 0 Å². The van der Waals surface area contributed by atoms with Gasteiger partial charge in [-0.3, -0.25) is 0 Å². The summed E-state index contributed by atoms with van der Waals surface area (Å²) in [5.74, 6) is -0.289. The number of benzene rings is 1. The molecule has 0 fully saturated rings. The number of likely N-dealkylation sites (N-methyl/N-ethyl adjacent to an activating group) is 1. The van der Waals surface area contributed by atoms with Gasteiger partial charge in [0.05, 0.1) is 17.9 Å². The summed E-state index contributed by atoms with van der Waals surface area (Å²) in [5.41, 5.74) is 1.28. The van der Waals surface area contributed by atoms with E-state index in [1.165, 1.54) is 0 Å². The standard InChI is InChI=1S/C13H16N2O2/c1-4-17-13(16)10(2)15(3)12-8-6-5-7-11(12)9-14/h5-8,10H,4H2,1-3H3. The van der Waals surface area contributed by atoms with E-state index < -0.39 is 6.04 Å². The molecule has 1 atom stereocenters. The summed E-state index contributed by atoms with van der Waals surface area (Å²) in [6.07, 6.45) is 0. The number of hydrogen-bond acceptors (Lipinski definition) is 4. The van der Waals surface area contributed by atoms with Crippen molar-refractivity contribution in [2.24, 2.45) is 0 Å². The molecular weight excluding hydrogens is 216 g/mol. The molecule has 0 saturated heterocycles. The molecule has 0 radical (unpaired) electrons. The molecule has 0 saturated carbocycles. The SMILES string of the molecule is CCOC(=O)C(C)N(C)c1ccccc1C#N. The van der Waals surface area contributed by atoms with Gasteiger partial charge in [-0.05, 0) is 26.0 Å². The maximum atomic E-state index is 11.6. The third-order valence-electron chi connectivity index (χ3n) is 2.61. The molecule has 17 heavy (non-hydrogen) atoms. The number of carbonyl (C=O) groups excluding carboxylic acids is 1. The highest BCUT2D eigenvalue weighted by Crippen LogP contribution is 2.20. The lowest BCUT2D eigenvalue weighted by molar-refractivity contribution is -0.144. The summed E-state index contributed by atoms with van der Waals surface area (Å²) in [4.78, 5) is 13.4. The van der Waals surface area contributed by atoms with Crippen molar-refractivity contribution in [1.29, 1.82) is 5.26 Å². The van der Waals surface area contributed by atoms with Crippen molar-refractivity contribution in [1.82, 2.24) is 0 Å². The molecular formula is C13H16N2O2. The third kappa shape index (κ3) is 2.97. The van der Waals surface area contributed by atoms with Crippen LogP contribution in [0.25, 0.3) is 0 Å². The van der Waals surface area contributed by atoms with Crippen molar-refractivity contribution >= 4 is 11.7 Å². The maximum absolute atomic E-state index is 11.6.